The summed E-state index contributed by atoms with van der Waals surface area (Å²) in [6, 6.07) is 3.20. The van der Waals surface area contributed by atoms with Gasteiger partial charge in [-0.25, -0.2) is 0 Å². The first-order valence-corrected chi connectivity index (χ1v) is 5.49. The average molecular weight is 258 g/mol. The predicted octanol–water partition coefficient (Wildman–Crippen LogP) is 4.34. The van der Waals surface area contributed by atoms with Crippen molar-refractivity contribution in [1.82, 2.24) is 0 Å². The summed E-state index contributed by atoms with van der Waals surface area (Å²) < 4.78 is 61.7. The zero-order chi connectivity index (χ0) is 12.6. The number of halogens is 5. The highest BCUT2D eigenvalue weighted by Crippen LogP contribution is 2.70. The molecule has 16 heavy (non-hydrogen) atoms. The molecule has 0 bridgehead atoms. The van der Waals surface area contributed by atoms with Gasteiger partial charge in [0, 0.05) is 5.56 Å². The van der Waals surface area contributed by atoms with Crippen LogP contribution in [-0.4, -0.2) is 11.3 Å². The molecular formula is C9H7F5OS. The molecule has 0 atom stereocenters. The van der Waals surface area contributed by atoms with E-state index in [2.05, 4.69) is 0 Å². The quantitative estimate of drug-likeness (QED) is 0.569. The Morgan fingerprint density at radius 2 is 1.56 bits per heavy atom. The van der Waals surface area contributed by atoms with Gasteiger partial charge in [-0.15, -0.1) is 7.77 Å². The van der Waals surface area contributed by atoms with Gasteiger partial charge in [0.25, 0.3) is 0 Å². The minimum atomic E-state index is -5.83. The number of carbonyl (C=O) groups excluding carboxylic acids is 1. The number of benzene rings is 1. The third-order valence-corrected chi connectivity index (χ3v) is 3.29. The molecule has 1 rings (SSSR count). The molecule has 7 heteroatoms. The van der Waals surface area contributed by atoms with Gasteiger partial charge in [-0.3, -0.25) is 4.79 Å². The minimum Gasteiger partial charge on any atom is -0.295 e. The molecule has 1 aromatic carbocycles. The van der Waals surface area contributed by atoms with Crippen molar-refractivity contribution >= 4 is 16.6 Å². The van der Waals surface area contributed by atoms with Gasteiger partial charge >= 0.3 is 5.51 Å². The van der Waals surface area contributed by atoms with Gasteiger partial charge < -0.3 is 0 Å². The summed E-state index contributed by atoms with van der Waals surface area (Å²) in [5.41, 5.74) is -5.45. The molecule has 0 aliphatic heterocycles. The summed E-state index contributed by atoms with van der Waals surface area (Å²) in [4.78, 5) is 9.71. The van der Waals surface area contributed by atoms with Gasteiger partial charge in [-0.05, 0) is 19.1 Å². The molecule has 0 aliphatic rings. The topological polar surface area (TPSA) is 17.1 Å². The highest BCUT2D eigenvalue weighted by molar-refractivity contribution is 8.26. The van der Waals surface area contributed by atoms with Crippen LogP contribution in [0.1, 0.15) is 17.3 Å². The summed E-state index contributed by atoms with van der Waals surface area (Å²) in [5.74, 6) is -0.392. The third-order valence-electron chi connectivity index (χ3n) is 1.85. The van der Waals surface area contributed by atoms with Crippen LogP contribution in [0.15, 0.2) is 29.2 Å². The number of ketones is 1. The van der Waals surface area contributed by atoms with Crippen LogP contribution in [0, 0.1) is 0 Å². The van der Waals surface area contributed by atoms with E-state index in [0.717, 1.165) is 12.1 Å². The Hall–Kier alpha value is -1.11. The number of alkyl halides is 3. The highest BCUT2D eigenvalue weighted by Gasteiger charge is 2.54. The maximum Gasteiger partial charge on any atom is 0.482 e. The lowest BCUT2D eigenvalue weighted by Crippen LogP contribution is -2.12. The third kappa shape index (κ3) is 2.34. The van der Waals surface area contributed by atoms with Crippen molar-refractivity contribution in [3.63, 3.8) is 0 Å². The van der Waals surface area contributed by atoms with Crippen molar-refractivity contribution < 1.29 is 25.7 Å². The van der Waals surface area contributed by atoms with Gasteiger partial charge in [0.2, 0.25) is 0 Å². The fourth-order valence-electron chi connectivity index (χ4n) is 0.994. The van der Waals surface area contributed by atoms with Crippen LogP contribution in [0.25, 0.3) is 0 Å². The van der Waals surface area contributed by atoms with Crippen molar-refractivity contribution in [2.45, 2.75) is 17.3 Å². The Bertz CT molecular complexity index is 395. The van der Waals surface area contributed by atoms with Gasteiger partial charge in [-0.1, -0.05) is 12.1 Å². The molecule has 0 amide bonds. The molecule has 0 fully saturated rings. The molecule has 1 aromatic rings. The molecule has 90 valence electrons. The second kappa shape index (κ2) is 4.04. The maximum absolute atomic E-state index is 12.9. The van der Waals surface area contributed by atoms with E-state index >= 15 is 0 Å². The Kier molecular flexibility index (Phi) is 3.27. The van der Waals surface area contributed by atoms with Crippen molar-refractivity contribution in [1.29, 1.82) is 0 Å². The SMILES string of the molecule is CC(=O)c1ccc(S(F)(F)C(F)(F)F)cc1. The van der Waals surface area contributed by atoms with Gasteiger partial charge in [0.1, 0.15) is 0 Å². The van der Waals surface area contributed by atoms with E-state index in [1.807, 2.05) is 0 Å². The van der Waals surface area contributed by atoms with Crippen LogP contribution in [-0.2, 0) is 0 Å². The first-order chi connectivity index (χ1) is 7.16. The fraction of sp³-hybridized carbons (Fsp3) is 0.222. The standard InChI is InChI=1S/C9H7F5OS/c1-6(15)7-2-4-8(5-3-7)16(13,14)9(10,11)12/h2-5H,1H3. The van der Waals surface area contributed by atoms with E-state index in [-0.39, 0.29) is 5.56 Å². The molecular weight excluding hydrogens is 251 g/mol. The first kappa shape index (κ1) is 13.0. The normalized spacial score (nSPS) is 13.6. The Morgan fingerprint density at radius 3 is 1.88 bits per heavy atom. The number of hydrogen-bond acceptors (Lipinski definition) is 1. The van der Waals surface area contributed by atoms with E-state index < -0.39 is 27.0 Å². The molecule has 0 aromatic heterocycles. The van der Waals surface area contributed by atoms with Crippen molar-refractivity contribution in [3.8, 4) is 0 Å². The summed E-state index contributed by atoms with van der Waals surface area (Å²) >= 11 is 0. The largest absolute Gasteiger partial charge is 0.482 e. The lowest BCUT2D eigenvalue weighted by Gasteiger charge is -2.23. The van der Waals surface area contributed by atoms with Crippen molar-refractivity contribution in [2.24, 2.45) is 0 Å². The van der Waals surface area contributed by atoms with Gasteiger partial charge in [-0.2, -0.15) is 13.2 Å². The monoisotopic (exact) mass is 258 g/mol. The molecule has 0 N–H and O–H groups in total. The molecule has 0 unspecified atom stereocenters. The zero-order valence-electron chi connectivity index (χ0n) is 8.02. The Morgan fingerprint density at radius 1 is 1.12 bits per heavy atom. The summed E-state index contributed by atoms with van der Waals surface area (Å²) in [7, 11) is -5.83. The Balaban J connectivity index is 3.11. The highest BCUT2D eigenvalue weighted by atomic mass is 32.3. The lowest BCUT2D eigenvalue weighted by atomic mass is 10.2. The summed E-state index contributed by atoms with van der Waals surface area (Å²) in [6.07, 6.45) is 0. The average Bonchev–Trinajstić information content (AvgIpc) is 2.16. The summed E-state index contributed by atoms with van der Waals surface area (Å²) in [5, 5.41) is 0. The second-order valence-electron chi connectivity index (χ2n) is 3.00. The molecule has 0 radical (unpaired) electrons. The predicted molar refractivity (Wildman–Crippen MR) is 50.6 cm³/mol. The molecule has 0 saturated heterocycles. The maximum atomic E-state index is 12.9. The van der Waals surface area contributed by atoms with Crippen LogP contribution in [0.4, 0.5) is 20.9 Å². The first-order valence-electron chi connectivity index (χ1n) is 4.06. The molecule has 0 saturated carbocycles. The van der Waals surface area contributed by atoms with E-state index in [0.29, 0.717) is 12.1 Å². The van der Waals surface area contributed by atoms with Crippen LogP contribution in [0.2, 0.25) is 0 Å². The molecule has 0 heterocycles. The van der Waals surface area contributed by atoms with E-state index in [4.69, 9.17) is 0 Å². The second-order valence-corrected chi connectivity index (χ2v) is 4.87. The van der Waals surface area contributed by atoms with Crippen molar-refractivity contribution in [3.05, 3.63) is 29.8 Å². The molecule has 1 nitrogen and oxygen atoms in total. The fourth-order valence-corrected chi connectivity index (χ4v) is 1.74. The number of Topliss-reactive ketones (excluding diaryl/α,β-unsaturated/α-hetero) is 1. The van der Waals surface area contributed by atoms with E-state index in [9.17, 15) is 25.7 Å². The summed E-state index contributed by atoms with van der Waals surface area (Å²) in [6.45, 7) is 1.20. The number of carbonyl (C=O) groups is 1. The van der Waals surface area contributed by atoms with Gasteiger partial charge in [0.05, 0.1) is 4.90 Å². The van der Waals surface area contributed by atoms with Crippen LogP contribution in [0.3, 0.4) is 0 Å². The van der Waals surface area contributed by atoms with E-state index in [1.165, 1.54) is 6.92 Å². The Labute approximate surface area is 90.2 Å². The van der Waals surface area contributed by atoms with Gasteiger partial charge in [0.15, 0.2) is 16.6 Å². The number of rotatable bonds is 2. The van der Waals surface area contributed by atoms with Crippen LogP contribution in [0.5, 0.6) is 0 Å². The van der Waals surface area contributed by atoms with Crippen molar-refractivity contribution in [2.75, 3.05) is 0 Å². The zero-order valence-corrected chi connectivity index (χ0v) is 8.83. The van der Waals surface area contributed by atoms with Crippen LogP contribution >= 0.6 is 10.8 Å². The van der Waals surface area contributed by atoms with E-state index in [1.54, 1.807) is 0 Å². The molecule has 0 aliphatic carbocycles. The smallest absolute Gasteiger partial charge is 0.295 e. The van der Waals surface area contributed by atoms with Crippen LogP contribution < -0.4 is 0 Å². The number of hydrogen-bond donors (Lipinski definition) is 0. The minimum absolute atomic E-state index is 0.0983. The lowest BCUT2D eigenvalue weighted by molar-refractivity contribution is -0.0463. The molecule has 0 spiro atoms.